The largest absolute Gasteiger partial charge is 0.455 e. The molecule has 0 aliphatic heterocycles. The van der Waals surface area contributed by atoms with Crippen LogP contribution in [0.3, 0.4) is 0 Å². The molecule has 0 unspecified atom stereocenters. The Morgan fingerprint density at radius 3 is 1.90 bits per heavy atom. The van der Waals surface area contributed by atoms with E-state index in [1.165, 1.54) is 74.4 Å². The van der Waals surface area contributed by atoms with Gasteiger partial charge in [0.1, 0.15) is 11.2 Å². The number of para-hydroxylation sites is 1. The molecule has 0 fully saturated rings. The van der Waals surface area contributed by atoms with E-state index >= 15 is 0 Å². The quantitative estimate of drug-likeness (QED) is 0.174. The number of thiophene rings is 1. The van der Waals surface area contributed by atoms with Crippen LogP contribution in [-0.4, -0.2) is 0 Å². The van der Waals surface area contributed by atoms with E-state index in [9.17, 15) is 0 Å². The summed E-state index contributed by atoms with van der Waals surface area (Å²) in [6, 6.07) is 57.6. The Morgan fingerprint density at radius 2 is 0.979 bits per heavy atom. The van der Waals surface area contributed by atoms with Gasteiger partial charge in [0.15, 0.2) is 0 Å². The van der Waals surface area contributed by atoms with E-state index in [0.29, 0.717) is 0 Å². The first-order valence-corrected chi connectivity index (χ1v) is 17.2. The summed E-state index contributed by atoms with van der Waals surface area (Å²) in [5, 5.41) is 15.3. The second kappa shape index (κ2) is 9.78. The Hall–Kier alpha value is -5.96. The first-order valence-electron chi connectivity index (χ1n) is 16.4. The van der Waals surface area contributed by atoms with E-state index in [1.807, 2.05) is 11.3 Å². The first kappa shape index (κ1) is 26.1. The molecule has 0 amide bonds. The minimum Gasteiger partial charge on any atom is -0.455 e. The van der Waals surface area contributed by atoms with E-state index in [-0.39, 0.29) is 0 Å². The van der Waals surface area contributed by atoms with Crippen LogP contribution in [0.25, 0.3) is 107 Å². The van der Waals surface area contributed by atoms with Crippen molar-refractivity contribution >= 4 is 96.5 Å². The molecule has 11 rings (SSSR count). The van der Waals surface area contributed by atoms with Crippen LogP contribution in [0.5, 0.6) is 0 Å². The fraction of sp³-hybridized carbons (Fsp3) is 0. The molecule has 0 saturated heterocycles. The van der Waals surface area contributed by atoms with E-state index in [1.54, 1.807) is 0 Å². The summed E-state index contributed by atoms with van der Waals surface area (Å²) in [5.74, 6) is 0. The van der Waals surface area contributed by atoms with Crippen LogP contribution in [0.4, 0.5) is 0 Å². The lowest BCUT2D eigenvalue weighted by Gasteiger charge is -2.13. The molecule has 0 bridgehead atoms. The van der Waals surface area contributed by atoms with Crippen LogP contribution in [0.2, 0.25) is 0 Å². The maximum Gasteiger partial charge on any atom is 0.143 e. The lowest BCUT2D eigenvalue weighted by Crippen LogP contribution is -1.85. The van der Waals surface area contributed by atoms with Crippen LogP contribution in [0.15, 0.2) is 162 Å². The third-order valence-electron chi connectivity index (χ3n) is 10.3. The Kier molecular flexibility index (Phi) is 5.32. The van der Waals surface area contributed by atoms with Gasteiger partial charge in [-0.3, -0.25) is 0 Å². The number of furan rings is 1. The molecule has 0 atom stereocenters. The van der Waals surface area contributed by atoms with Crippen molar-refractivity contribution in [1.82, 2.24) is 0 Å². The van der Waals surface area contributed by atoms with Gasteiger partial charge in [-0.25, -0.2) is 0 Å². The molecular formula is C46H26OS. The van der Waals surface area contributed by atoms with Crippen LogP contribution in [0, 0.1) is 0 Å². The van der Waals surface area contributed by atoms with Gasteiger partial charge in [-0.15, -0.1) is 11.3 Å². The van der Waals surface area contributed by atoms with Gasteiger partial charge in [0.05, 0.1) is 0 Å². The van der Waals surface area contributed by atoms with Gasteiger partial charge in [0.25, 0.3) is 0 Å². The fourth-order valence-electron chi connectivity index (χ4n) is 8.05. The summed E-state index contributed by atoms with van der Waals surface area (Å²) < 4.78 is 9.44. The van der Waals surface area contributed by atoms with Crippen molar-refractivity contribution in [3.05, 3.63) is 158 Å². The van der Waals surface area contributed by atoms with Crippen molar-refractivity contribution in [2.45, 2.75) is 0 Å². The third-order valence-corrected chi connectivity index (χ3v) is 11.5. The SMILES string of the molecule is c1ccc2c(-c3cccc4c3oc3cc(-c5ccc6c(c5)c5ccccc5c5c6ccc6c7ccccc7sc65)ccc34)cccc2c1. The molecule has 48 heavy (non-hydrogen) atoms. The highest BCUT2D eigenvalue weighted by molar-refractivity contribution is 7.26. The van der Waals surface area contributed by atoms with Crippen molar-refractivity contribution in [2.75, 3.05) is 0 Å². The normalized spacial score (nSPS) is 12.2. The van der Waals surface area contributed by atoms with Crippen LogP contribution in [0.1, 0.15) is 0 Å². The van der Waals surface area contributed by atoms with E-state index in [0.717, 1.165) is 33.1 Å². The predicted octanol–water partition coefficient (Wildman–Crippen LogP) is 13.9. The molecule has 0 saturated carbocycles. The van der Waals surface area contributed by atoms with Crippen LogP contribution >= 0.6 is 11.3 Å². The Bertz CT molecular complexity index is 3100. The number of benzene rings is 9. The lowest BCUT2D eigenvalue weighted by molar-refractivity contribution is 0.670. The molecule has 9 aromatic carbocycles. The van der Waals surface area contributed by atoms with Crippen molar-refractivity contribution in [1.29, 1.82) is 0 Å². The van der Waals surface area contributed by atoms with Gasteiger partial charge in [0, 0.05) is 41.9 Å². The average Bonchev–Trinajstić information content (AvgIpc) is 3.72. The third kappa shape index (κ3) is 3.61. The Balaban J connectivity index is 1.12. The maximum absolute atomic E-state index is 6.73. The topological polar surface area (TPSA) is 13.1 Å². The fourth-order valence-corrected chi connectivity index (χ4v) is 9.31. The highest BCUT2D eigenvalue weighted by atomic mass is 32.1. The van der Waals surface area contributed by atoms with Gasteiger partial charge in [-0.2, -0.15) is 0 Å². The number of hydrogen-bond acceptors (Lipinski definition) is 2. The van der Waals surface area contributed by atoms with Gasteiger partial charge in [-0.05, 0) is 78.7 Å². The monoisotopic (exact) mass is 626 g/mol. The van der Waals surface area contributed by atoms with Gasteiger partial charge in [-0.1, -0.05) is 133 Å². The van der Waals surface area contributed by atoms with E-state index in [2.05, 4.69) is 158 Å². The Morgan fingerprint density at radius 1 is 0.375 bits per heavy atom. The average molecular weight is 627 g/mol. The van der Waals surface area contributed by atoms with Crippen molar-refractivity contribution < 1.29 is 4.42 Å². The van der Waals surface area contributed by atoms with Crippen molar-refractivity contribution in [3.63, 3.8) is 0 Å². The summed E-state index contributed by atoms with van der Waals surface area (Å²) in [6.45, 7) is 0. The zero-order valence-corrected chi connectivity index (χ0v) is 26.6. The number of hydrogen-bond donors (Lipinski definition) is 0. The summed E-state index contributed by atoms with van der Waals surface area (Å²) >= 11 is 1.91. The summed E-state index contributed by atoms with van der Waals surface area (Å²) in [4.78, 5) is 0. The second-order valence-electron chi connectivity index (χ2n) is 12.8. The molecule has 0 aliphatic carbocycles. The smallest absolute Gasteiger partial charge is 0.143 e. The molecule has 2 aromatic heterocycles. The predicted molar refractivity (Wildman–Crippen MR) is 208 cm³/mol. The van der Waals surface area contributed by atoms with Crippen molar-refractivity contribution in [3.8, 4) is 22.3 Å². The van der Waals surface area contributed by atoms with E-state index < -0.39 is 0 Å². The first-order chi connectivity index (χ1) is 23.8. The molecule has 0 radical (unpaired) electrons. The zero-order valence-electron chi connectivity index (χ0n) is 25.8. The van der Waals surface area contributed by atoms with Crippen LogP contribution < -0.4 is 0 Å². The lowest BCUT2D eigenvalue weighted by atomic mass is 9.91. The van der Waals surface area contributed by atoms with Crippen molar-refractivity contribution in [2.24, 2.45) is 0 Å². The number of rotatable bonds is 2. The minimum absolute atomic E-state index is 0.908. The van der Waals surface area contributed by atoms with Gasteiger partial charge < -0.3 is 4.42 Å². The minimum atomic E-state index is 0.908. The molecule has 1 nitrogen and oxygen atoms in total. The van der Waals surface area contributed by atoms with Gasteiger partial charge >= 0.3 is 0 Å². The maximum atomic E-state index is 6.73. The van der Waals surface area contributed by atoms with Gasteiger partial charge in [0.2, 0.25) is 0 Å². The summed E-state index contributed by atoms with van der Waals surface area (Å²) in [6.07, 6.45) is 0. The Labute approximate surface area is 279 Å². The molecule has 0 spiro atoms. The summed E-state index contributed by atoms with van der Waals surface area (Å²) in [5.41, 5.74) is 6.50. The molecule has 0 aliphatic rings. The molecule has 2 heteroatoms. The van der Waals surface area contributed by atoms with E-state index in [4.69, 9.17) is 4.42 Å². The highest BCUT2D eigenvalue weighted by Gasteiger charge is 2.17. The molecular weight excluding hydrogens is 601 g/mol. The number of fused-ring (bicyclic) bond motifs is 14. The molecule has 2 heterocycles. The molecule has 0 N–H and O–H groups in total. The zero-order chi connectivity index (χ0) is 31.3. The molecule has 11 aromatic rings. The standard InChI is InChI=1S/C46H26OS/c1-2-11-30-27(9-1)10-7-15-31(30)38-16-8-17-39-34-22-20-29(26-42(34)47-45(38)39)28-19-21-33-37-23-24-40-35-13-5-6-18-43(35)48-46(40)44(37)36-14-4-3-12-32(36)41(33)25-28/h1-26H. The van der Waals surface area contributed by atoms with Crippen LogP contribution in [-0.2, 0) is 0 Å². The summed E-state index contributed by atoms with van der Waals surface area (Å²) in [7, 11) is 0. The highest BCUT2D eigenvalue weighted by Crippen LogP contribution is 2.45. The second-order valence-corrected chi connectivity index (χ2v) is 13.8. The molecule has 222 valence electrons.